The maximum atomic E-state index is 5.41. The van der Waals surface area contributed by atoms with Crippen molar-refractivity contribution in [3.05, 3.63) is 0 Å². The van der Waals surface area contributed by atoms with Crippen LogP contribution in [-0.4, -0.2) is 49.8 Å². The molecule has 1 aliphatic heterocycles. The zero-order valence-electron chi connectivity index (χ0n) is 12.9. The molecule has 0 aromatic carbocycles. The van der Waals surface area contributed by atoms with Gasteiger partial charge in [0, 0.05) is 31.8 Å². The lowest BCUT2D eigenvalue weighted by Crippen LogP contribution is -2.57. The topological polar surface area (TPSA) is 24.5 Å². The average Bonchev–Trinajstić information content (AvgIpc) is 2.35. The van der Waals surface area contributed by atoms with Gasteiger partial charge in [0.15, 0.2) is 0 Å². The second-order valence-corrected chi connectivity index (χ2v) is 5.69. The largest absolute Gasteiger partial charge is 0.383 e. The zero-order chi connectivity index (χ0) is 13.5. The lowest BCUT2D eigenvalue weighted by molar-refractivity contribution is 0.00859. The number of methoxy groups -OCH3 is 1. The van der Waals surface area contributed by atoms with Crippen LogP contribution in [-0.2, 0) is 4.74 Å². The summed E-state index contributed by atoms with van der Waals surface area (Å²) in [7, 11) is 1.82. The van der Waals surface area contributed by atoms with E-state index in [0.717, 1.165) is 19.1 Å². The fourth-order valence-corrected chi connectivity index (χ4v) is 3.33. The van der Waals surface area contributed by atoms with E-state index in [0.29, 0.717) is 18.1 Å². The predicted octanol–water partition coefficient (Wildman–Crippen LogP) is 2.51. The predicted molar refractivity (Wildman–Crippen MR) is 78.0 cm³/mol. The van der Waals surface area contributed by atoms with Crippen LogP contribution < -0.4 is 5.32 Å². The summed E-state index contributed by atoms with van der Waals surface area (Å²) in [4.78, 5) is 2.67. The van der Waals surface area contributed by atoms with Crippen molar-refractivity contribution in [1.29, 1.82) is 0 Å². The molecular weight excluding hydrogens is 224 g/mol. The van der Waals surface area contributed by atoms with Gasteiger partial charge in [0.05, 0.1) is 6.61 Å². The fourth-order valence-electron chi connectivity index (χ4n) is 3.33. The first-order valence-corrected chi connectivity index (χ1v) is 7.63. The Balaban J connectivity index is 2.61. The molecule has 1 aliphatic rings. The van der Waals surface area contributed by atoms with Crippen LogP contribution in [0.25, 0.3) is 0 Å². The van der Waals surface area contributed by atoms with Crippen molar-refractivity contribution < 1.29 is 4.74 Å². The molecule has 0 aliphatic carbocycles. The molecule has 1 rings (SSSR count). The molecule has 0 amide bonds. The van der Waals surface area contributed by atoms with E-state index in [9.17, 15) is 0 Å². The van der Waals surface area contributed by atoms with E-state index in [1.807, 2.05) is 7.11 Å². The van der Waals surface area contributed by atoms with E-state index in [-0.39, 0.29) is 0 Å². The number of ether oxygens (including phenoxy) is 1. The summed E-state index contributed by atoms with van der Waals surface area (Å²) >= 11 is 0. The minimum Gasteiger partial charge on any atom is -0.383 e. The van der Waals surface area contributed by atoms with Crippen molar-refractivity contribution in [2.75, 3.05) is 26.8 Å². The van der Waals surface area contributed by atoms with E-state index in [1.54, 1.807) is 0 Å². The average molecular weight is 256 g/mol. The van der Waals surface area contributed by atoms with Crippen molar-refractivity contribution in [1.82, 2.24) is 10.2 Å². The summed E-state index contributed by atoms with van der Waals surface area (Å²) in [6.45, 7) is 12.4. The van der Waals surface area contributed by atoms with Crippen molar-refractivity contribution in [3.63, 3.8) is 0 Å². The number of piperidine rings is 1. The van der Waals surface area contributed by atoms with Gasteiger partial charge in [-0.2, -0.15) is 0 Å². The Kier molecular flexibility index (Phi) is 7.20. The molecule has 108 valence electrons. The van der Waals surface area contributed by atoms with Crippen LogP contribution in [0.4, 0.5) is 0 Å². The molecule has 0 spiro atoms. The molecule has 1 heterocycles. The van der Waals surface area contributed by atoms with Crippen LogP contribution in [0, 0.1) is 5.92 Å². The third-order valence-corrected chi connectivity index (χ3v) is 4.53. The number of rotatable bonds is 7. The number of hydrogen-bond donors (Lipinski definition) is 1. The third-order valence-electron chi connectivity index (χ3n) is 4.53. The standard InChI is InChI=1S/C15H32N2O/c1-6-8-14(11-18-5)17-10-9-15(16-7-2)12(3)13(17)4/h12-16H,6-11H2,1-5H3. The van der Waals surface area contributed by atoms with Crippen LogP contribution in [0.2, 0.25) is 0 Å². The van der Waals surface area contributed by atoms with Crippen LogP contribution in [0.3, 0.4) is 0 Å². The normalized spacial score (nSPS) is 31.5. The molecular formula is C15H32N2O. The lowest BCUT2D eigenvalue weighted by Gasteiger charge is -2.46. The highest BCUT2D eigenvalue weighted by Gasteiger charge is 2.34. The van der Waals surface area contributed by atoms with Gasteiger partial charge in [-0.25, -0.2) is 0 Å². The lowest BCUT2D eigenvalue weighted by atomic mass is 9.85. The molecule has 4 unspecified atom stereocenters. The summed E-state index contributed by atoms with van der Waals surface area (Å²) in [5.41, 5.74) is 0. The van der Waals surface area contributed by atoms with Crippen LogP contribution in [0.5, 0.6) is 0 Å². The molecule has 0 aromatic heterocycles. The summed E-state index contributed by atoms with van der Waals surface area (Å²) in [5.74, 6) is 0.718. The van der Waals surface area contributed by atoms with E-state index in [1.165, 1.54) is 25.8 Å². The molecule has 1 N–H and O–H groups in total. The zero-order valence-corrected chi connectivity index (χ0v) is 12.9. The van der Waals surface area contributed by atoms with Crippen molar-refractivity contribution >= 4 is 0 Å². The van der Waals surface area contributed by atoms with Crippen LogP contribution in [0.15, 0.2) is 0 Å². The maximum absolute atomic E-state index is 5.41. The molecule has 3 nitrogen and oxygen atoms in total. The van der Waals surface area contributed by atoms with Gasteiger partial charge in [0.25, 0.3) is 0 Å². The quantitative estimate of drug-likeness (QED) is 0.757. The molecule has 0 bridgehead atoms. The molecule has 0 aromatic rings. The Morgan fingerprint density at radius 2 is 2.06 bits per heavy atom. The number of nitrogens with one attached hydrogen (secondary N) is 1. The van der Waals surface area contributed by atoms with Gasteiger partial charge in [-0.05, 0) is 32.2 Å². The van der Waals surface area contributed by atoms with Gasteiger partial charge in [-0.3, -0.25) is 4.90 Å². The first kappa shape index (κ1) is 15.9. The molecule has 0 saturated carbocycles. The highest BCUT2D eigenvalue weighted by Crippen LogP contribution is 2.26. The van der Waals surface area contributed by atoms with Gasteiger partial charge in [0.1, 0.15) is 0 Å². The van der Waals surface area contributed by atoms with E-state index in [2.05, 4.69) is 37.9 Å². The summed E-state index contributed by atoms with van der Waals surface area (Å²) in [5, 5.41) is 3.63. The number of nitrogens with zero attached hydrogens (tertiary/aromatic N) is 1. The van der Waals surface area contributed by atoms with Gasteiger partial charge in [0.2, 0.25) is 0 Å². The smallest absolute Gasteiger partial charge is 0.0618 e. The Hall–Kier alpha value is -0.120. The van der Waals surface area contributed by atoms with Crippen LogP contribution in [0.1, 0.15) is 47.0 Å². The summed E-state index contributed by atoms with van der Waals surface area (Å²) in [6.07, 6.45) is 3.75. The minimum atomic E-state index is 0.597. The minimum absolute atomic E-state index is 0.597. The van der Waals surface area contributed by atoms with E-state index in [4.69, 9.17) is 4.74 Å². The van der Waals surface area contributed by atoms with Gasteiger partial charge >= 0.3 is 0 Å². The van der Waals surface area contributed by atoms with Crippen molar-refractivity contribution in [3.8, 4) is 0 Å². The molecule has 1 fully saturated rings. The van der Waals surface area contributed by atoms with E-state index < -0.39 is 0 Å². The Morgan fingerprint density at radius 1 is 1.33 bits per heavy atom. The van der Waals surface area contributed by atoms with Crippen molar-refractivity contribution in [2.45, 2.75) is 65.1 Å². The number of likely N-dealkylation sites (tertiary alicyclic amines) is 1. The first-order valence-electron chi connectivity index (χ1n) is 7.63. The Morgan fingerprint density at radius 3 is 2.61 bits per heavy atom. The maximum Gasteiger partial charge on any atom is 0.0618 e. The fraction of sp³-hybridized carbons (Fsp3) is 1.00. The second-order valence-electron chi connectivity index (χ2n) is 5.69. The molecule has 4 atom stereocenters. The molecule has 3 heteroatoms. The Bertz CT molecular complexity index is 217. The second kappa shape index (κ2) is 8.13. The third kappa shape index (κ3) is 3.94. The van der Waals surface area contributed by atoms with Gasteiger partial charge < -0.3 is 10.1 Å². The highest BCUT2D eigenvalue weighted by atomic mass is 16.5. The van der Waals surface area contributed by atoms with Gasteiger partial charge in [-0.15, -0.1) is 0 Å². The Labute approximate surface area is 113 Å². The first-order chi connectivity index (χ1) is 8.65. The number of hydrogen-bond acceptors (Lipinski definition) is 3. The monoisotopic (exact) mass is 256 g/mol. The summed E-state index contributed by atoms with van der Waals surface area (Å²) < 4.78 is 5.41. The van der Waals surface area contributed by atoms with Crippen LogP contribution >= 0.6 is 0 Å². The van der Waals surface area contributed by atoms with Gasteiger partial charge in [-0.1, -0.05) is 27.2 Å². The SMILES string of the molecule is CCCC(COC)N1CCC(NCC)C(C)C1C. The molecule has 1 saturated heterocycles. The van der Waals surface area contributed by atoms with Crippen molar-refractivity contribution in [2.24, 2.45) is 5.92 Å². The highest BCUT2D eigenvalue weighted by molar-refractivity contribution is 4.91. The van der Waals surface area contributed by atoms with E-state index >= 15 is 0 Å². The summed E-state index contributed by atoms with van der Waals surface area (Å²) in [6, 6.07) is 1.93. The molecule has 0 radical (unpaired) electrons. The molecule has 18 heavy (non-hydrogen) atoms.